The topological polar surface area (TPSA) is 48.7 Å². The fourth-order valence-electron chi connectivity index (χ4n) is 2.52. The lowest BCUT2D eigenvalue weighted by Gasteiger charge is -2.05. The Morgan fingerprint density at radius 2 is 2.04 bits per heavy atom. The summed E-state index contributed by atoms with van der Waals surface area (Å²) in [6, 6.07) is 15.7. The molecule has 3 aromatic rings. The molecule has 4 heteroatoms. The molecule has 0 unspecified atom stereocenters. The number of fused-ring (bicyclic) bond motifs is 1. The second-order valence-corrected chi connectivity index (χ2v) is 5.25. The first-order chi connectivity index (χ1) is 11.7. The first-order valence-corrected chi connectivity index (χ1v) is 7.75. The highest BCUT2D eigenvalue weighted by molar-refractivity contribution is 5.84. The molecule has 0 aliphatic carbocycles. The number of esters is 1. The zero-order chi connectivity index (χ0) is 16.9. The van der Waals surface area contributed by atoms with Crippen LogP contribution in [-0.4, -0.2) is 12.8 Å². The maximum absolute atomic E-state index is 11.0. The van der Waals surface area contributed by atoms with Crippen molar-refractivity contribution in [2.45, 2.75) is 13.3 Å². The first kappa shape index (κ1) is 15.9. The minimum atomic E-state index is -0.521. The second kappa shape index (κ2) is 7.04. The summed E-state index contributed by atoms with van der Waals surface area (Å²) in [6.07, 6.45) is 2.03. The van der Waals surface area contributed by atoms with E-state index in [-0.39, 0.29) is 6.79 Å². The van der Waals surface area contributed by atoms with Crippen LogP contribution in [0, 0.1) is 0 Å². The highest BCUT2D eigenvalue weighted by Gasteiger charge is 2.10. The van der Waals surface area contributed by atoms with E-state index in [4.69, 9.17) is 13.9 Å². The monoisotopic (exact) mass is 322 g/mol. The van der Waals surface area contributed by atoms with Crippen LogP contribution < -0.4 is 4.74 Å². The van der Waals surface area contributed by atoms with Gasteiger partial charge in [-0.05, 0) is 30.2 Å². The molecule has 0 N–H and O–H groups in total. The number of benzene rings is 2. The SMILES string of the molecule is C=CC(=O)OCOc1ccc2cc(-c3ccccc3CC)oc2c1. The summed E-state index contributed by atoms with van der Waals surface area (Å²) in [5, 5.41) is 0.992. The van der Waals surface area contributed by atoms with Crippen molar-refractivity contribution in [1.29, 1.82) is 0 Å². The zero-order valence-electron chi connectivity index (χ0n) is 13.5. The van der Waals surface area contributed by atoms with E-state index in [0.29, 0.717) is 5.75 Å². The Labute approximate surface area is 140 Å². The molecule has 3 rings (SSSR count). The molecule has 1 heterocycles. The van der Waals surface area contributed by atoms with Crippen molar-refractivity contribution in [2.75, 3.05) is 6.79 Å². The Balaban J connectivity index is 1.84. The zero-order valence-corrected chi connectivity index (χ0v) is 13.5. The fourth-order valence-corrected chi connectivity index (χ4v) is 2.52. The van der Waals surface area contributed by atoms with E-state index in [1.807, 2.05) is 30.3 Å². The highest BCUT2D eigenvalue weighted by atomic mass is 16.7. The van der Waals surface area contributed by atoms with Crippen LogP contribution in [0.5, 0.6) is 5.75 Å². The van der Waals surface area contributed by atoms with Gasteiger partial charge in [0.25, 0.3) is 0 Å². The number of carbonyl (C=O) groups excluding carboxylic acids is 1. The van der Waals surface area contributed by atoms with Crippen LogP contribution in [0.3, 0.4) is 0 Å². The van der Waals surface area contributed by atoms with Gasteiger partial charge in [-0.25, -0.2) is 4.79 Å². The van der Waals surface area contributed by atoms with Gasteiger partial charge < -0.3 is 13.9 Å². The van der Waals surface area contributed by atoms with Gasteiger partial charge >= 0.3 is 5.97 Å². The molecule has 2 aromatic carbocycles. The number of carbonyl (C=O) groups is 1. The molecule has 0 fully saturated rings. The highest BCUT2D eigenvalue weighted by Crippen LogP contribution is 2.32. The Hall–Kier alpha value is -3.01. The summed E-state index contributed by atoms with van der Waals surface area (Å²) in [5.41, 5.74) is 3.06. The molecule has 0 spiro atoms. The maximum Gasteiger partial charge on any atom is 0.333 e. The van der Waals surface area contributed by atoms with Gasteiger partial charge in [-0.3, -0.25) is 0 Å². The molecule has 122 valence electrons. The van der Waals surface area contributed by atoms with Gasteiger partial charge in [0.2, 0.25) is 6.79 Å². The number of aryl methyl sites for hydroxylation is 1. The third-order valence-electron chi connectivity index (χ3n) is 3.75. The van der Waals surface area contributed by atoms with E-state index in [1.54, 1.807) is 6.07 Å². The quantitative estimate of drug-likeness (QED) is 0.374. The number of hydrogen-bond acceptors (Lipinski definition) is 4. The minimum Gasteiger partial charge on any atom is -0.457 e. The molecule has 0 aliphatic rings. The summed E-state index contributed by atoms with van der Waals surface area (Å²) in [6.45, 7) is 5.29. The maximum atomic E-state index is 11.0. The summed E-state index contributed by atoms with van der Waals surface area (Å²) >= 11 is 0. The van der Waals surface area contributed by atoms with Crippen LogP contribution in [-0.2, 0) is 16.0 Å². The van der Waals surface area contributed by atoms with Crippen molar-refractivity contribution < 1.29 is 18.7 Å². The predicted octanol–water partition coefficient (Wildman–Crippen LogP) is 4.73. The van der Waals surface area contributed by atoms with E-state index in [0.717, 1.165) is 34.8 Å². The van der Waals surface area contributed by atoms with E-state index in [9.17, 15) is 4.79 Å². The summed E-state index contributed by atoms with van der Waals surface area (Å²) < 4.78 is 16.2. The van der Waals surface area contributed by atoms with Crippen molar-refractivity contribution in [2.24, 2.45) is 0 Å². The molecule has 0 bridgehead atoms. The van der Waals surface area contributed by atoms with E-state index in [2.05, 4.69) is 25.6 Å². The molecule has 0 aliphatic heterocycles. The van der Waals surface area contributed by atoms with Crippen LogP contribution in [0.4, 0.5) is 0 Å². The van der Waals surface area contributed by atoms with E-state index >= 15 is 0 Å². The number of rotatable bonds is 6. The van der Waals surface area contributed by atoms with Crippen molar-refractivity contribution in [3.05, 3.63) is 66.7 Å². The second-order valence-electron chi connectivity index (χ2n) is 5.25. The minimum absolute atomic E-state index is 0.164. The van der Waals surface area contributed by atoms with Crippen molar-refractivity contribution in [3.63, 3.8) is 0 Å². The lowest BCUT2D eigenvalue weighted by molar-refractivity contribution is -0.144. The largest absolute Gasteiger partial charge is 0.457 e. The lowest BCUT2D eigenvalue weighted by atomic mass is 10.0. The van der Waals surface area contributed by atoms with E-state index < -0.39 is 5.97 Å². The van der Waals surface area contributed by atoms with E-state index in [1.165, 1.54) is 5.56 Å². The first-order valence-electron chi connectivity index (χ1n) is 7.75. The van der Waals surface area contributed by atoms with Gasteiger partial charge in [0, 0.05) is 23.1 Å². The van der Waals surface area contributed by atoms with Gasteiger partial charge in [0.15, 0.2) is 0 Å². The molecular formula is C20H18O4. The smallest absolute Gasteiger partial charge is 0.333 e. The number of ether oxygens (including phenoxy) is 2. The molecule has 24 heavy (non-hydrogen) atoms. The van der Waals surface area contributed by atoms with Gasteiger partial charge in [0.1, 0.15) is 17.1 Å². The van der Waals surface area contributed by atoms with Gasteiger partial charge in [-0.1, -0.05) is 37.8 Å². The molecule has 0 radical (unpaired) electrons. The molecule has 4 nitrogen and oxygen atoms in total. The Morgan fingerprint density at radius 3 is 2.83 bits per heavy atom. The average molecular weight is 322 g/mol. The molecule has 0 atom stereocenters. The lowest BCUT2D eigenvalue weighted by Crippen LogP contribution is -2.07. The summed E-state index contributed by atoms with van der Waals surface area (Å²) in [7, 11) is 0. The van der Waals surface area contributed by atoms with Crippen LogP contribution in [0.15, 0.2) is 65.6 Å². The Kier molecular flexibility index (Phi) is 4.66. The van der Waals surface area contributed by atoms with Crippen LogP contribution in [0.25, 0.3) is 22.3 Å². The average Bonchev–Trinajstić information content (AvgIpc) is 3.04. The number of hydrogen-bond donors (Lipinski definition) is 0. The molecular weight excluding hydrogens is 304 g/mol. The Morgan fingerprint density at radius 1 is 1.21 bits per heavy atom. The molecule has 0 amide bonds. The van der Waals surface area contributed by atoms with Gasteiger partial charge in [0.05, 0.1) is 0 Å². The van der Waals surface area contributed by atoms with Gasteiger partial charge in [-0.15, -0.1) is 0 Å². The fraction of sp³-hybridized carbons (Fsp3) is 0.150. The van der Waals surface area contributed by atoms with Crippen LogP contribution >= 0.6 is 0 Å². The van der Waals surface area contributed by atoms with Crippen molar-refractivity contribution >= 4 is 16.9 Å². The standard InChI is InChI=1S/C20H18O4/c1-3-14-7-5-6-8-17(14)19-11-15-9-10-16(12-18(15)24-19)22-13-23-20(21)4-2/h4-12H,2-3,13H2,1H3. The van der Waals surface area contributed by atoms with Gasteiger partial charge in [-0.2, -0.15) is 0 Å². The summed E-state index contributed by atoms with van der Waals surface area (Å²) in [4.78, 5) is 11.0. The van der Waals surface area contributed by atoms with Crippen LogP contribution in [0.2, 0.25) is 0 Å². The van der Waals surface area contributed by atoms with Crippen molar-refractivity contribution in [1.82, 2.24) is 0 Å². The predicted molar refractivity (Wildman–Crippen MR) is 92.8 cm³/mol. The Bertz CT molecular complexity index is 876. The third kappa shape index (κ3) is 3.33. The molecule has 1 aromatic heterocycles. The number of furan rings is 1. The third-order valence-corrected chi connectivity index (χ3v) is 3.75. The molecule has 0 saturated carbocycles. The summed E-state index contributed by atoms with van der Waals surface area (Å²) in [5.74, 6) is 0.884. The van der Waals surface area contributed by atoms with Crippen molar-refractivity contribution in [3.8, 4) is 17.1 Å². The molecule has 0 saturated heterocycles. The normalized spacial score (nSPS) is 10.5. The van der Waals surface area contributed by atoms with Crippen LogP contribution in [0.1, 0.15) is 12.5 Å².